The van der Waals surface area contributed by atoms with Crippen molar-refractivity contribution in [2.45, 2.75) is 13.8 Å². The van der Waals surface area contributed by atoms with Crippen molar-refractivity contribution in [1.29, 1.82) is 0 Å². The van der Waals surface area contributed by atoms with Gasteiger partial charge in [0.15, 0.2) is 11.6 Å². The van der Waals surface area contributed by atoms with Crippen LogP contribution in [0.4, 0.5) is 17.5 Å². The molecular weight excluding hydrogens is 444 g/mol. The molecule has 1 fully saturated rings. The van der Waals surface area contributed by atoms with E-state index >= 15 is 0 Å². The molecule has 10 heteroatoms. The lowest BCUT2D eigenvalue weighted by Gasteiger charge is -2.28. The quantitative estimate of drug-likeness (QED) is 0.451. The van der Waals surface area contributed by atoms with Gasteiger partial charge in [-0.2, -0.15) is 0 Å². The smallest absolute Gasteiger partial charge is 0.226 e. The van der Waals surface area contributed by atoms with Gasteiger partial charge in [-0.3, -0.25) is 9.78 Å². The standard InChI is InChI=1S/C25H26N8O2/c1-15(2)24(34)30-19-5-3-4-16(10-19)17-11-20-21(27-12-17)23(33-6-8-35-9-7-33)32-22(31-20)18-13-28-25(26)29-14-18/h3-5,10-15H,6-9H2,1-2H3,(H,30,34)(H2,26,28,29). The molecule has 3 aromatic heterocycles. The Morgan fingerprint density at radius 2 is 1.74 bits per heavy atom. The Labute approximate surface area is 202 Å². The number of rotatable bonds is 5. The van der Waals surface area contributed by atoms with E-state index < -0.39 is 0 Å². The first-order valence-corrected chi connectivity index (χ1v) is 11.5. The summed E-state index contributed by atoms with van der Waals surface area (Å²) in [5.74, 6) is 1.30. The SMILES string of the molecule is CC(C)C(=O)Nc1cccc(-c2cnc3c(N4CCOCC4)nc(-c4cnc(N)nc4)nc3c2)c1. The van der Waals surface area contributed by atoms with Crippen molar-refractivity contribution < 1.29 is 9.53 Å². The normalized spacial score (nSPS) is 13.9. The minimum Gasteiger partial charge on any atom is -0.378 e. The molecule has 10 nitrogen and oxygen atoms in total. The fourth-order valence-electron chi connectivity index (χ4n) is 3.80. The van der Waals surface area contributed by atoms with Crippen LogP contribution < -0.4 is 16.0 Å². The number of benzene rings is 1. The van der Waals surface area contributed by atoms with Crippen LogP contribution in [-0.2, 0) is 9.53 Å². The van der Waals surface area contributed by atoms with E-state index in [1.807, 2.05) is 50.4 Å². The van der Waals surface area contributed by atoms with E-state index in [2.05, 4.69) is 20.2 Å². The summed E-state index contributed by atoms with van der Waals surface area (Å²) < 4.78 is 5.52. The predicted octanol–water partition coefficient (Wildman–Crippen LogP) is 3.16. The summed E-state index contributed by atoms with van der Waals surface area (Å²) >= 11 is 0. The van der Waals surface area contributed by atoms with Gasteiger partial charge >= 0.3 is 0 Å². The molecule has 1 amide bonds. The van der Waals surface area contributed by atoms with Gasteiger partial charge in [0.1, 0.15) is 5.52 Å². The Balaban J connectivity index is 1.59. The van der Waals surface area contributed by atoms with Crippen LogP contribution in [0.1, 0.15) is 13.8 Å². The van der Waals surface area contributed by atoms with Crippen LogP contribution in [-0.4, -0.2) is 57.1 Å². The van der Waals surface area contributed by atoms with Gasteiger partial charge in [-0.1, -0.05) is 26.0 Å². The molecule has 3 N–H and O–H groups in total. The molecule has 0 bridgehead atoms. The fourth-order valence-corrected chi connectivity index (χ4v) is 3.80. The van der Waals surface area contributed by atoms with Gasteiger partial charge in [0.25, 0.3) is 0 Å². The van der Waals surface area contributed by atoms with E-state index in [9.17, 15) is 4.79 Å². The highest BCUT2D eigenvalue weighted by Gasteiger charge is 2.20. The summed E-state index contributed by atoms with van der Waals surface area (Å²) in [5, 5.41) is 2.95. The van der Waals surface area contributed by atoms with Gasteiger partial charge in [-0.05, 0) is 23.8 Å². The third-order valence-electron chi connectivity index (χ3n) is 5.75. The first-order valence-electron chi connectivity index (χ1n) is 11.5. The van der Waals surface area contributed by atoms with Gasteiger partial charge < -0.3 is 20.7 Å². The highest BCUT2D eigenvalue weighted by Crippen LogP contribution is 2.30. The molecule has 1 aliphatic heterocycles. The number of hydrogen-bond acceptors (Lipinski definition) is 9. The van der Waals surface area contributed by atoms with Crippen LogP contribution in [0.5, 0.6) is 0 Å². The number of nitrogens with one attached hydrogen (secondary N) is 1. The molecule has 0 aliphatic carbocycles. The maximum absolute atomic E-state index is 12.1. The molecular formula is C25H26N8O2. The second kappa shape index (κ2) is 9.59. The third kappa shape index (κ3) is 4.87. The number of fused-ring (bicyclic) bond motifs is 1. The second-order valence-corrected chi connectivity index (χ2v) is 8.62. The number of nitrogens with two attached hydrogens (primary N) is 1. The summed E-state index contributed by atoms with van der Waals surface area (Å²) in [5.41, 5.74) is 10.3. The molecule has 0 spiro atoms. The van der Waals surface area contributed by atoms with Crippen LogP contribution in [0.2, 0.25) is 0 Å². The summed E-state index contributed by atoms with van der Waals surface area (Å²) in [6.07, 6.45) is 5.04. The summed E-state index contributed by atoms with van der Waals surface area (Å²) in [6, 6.07) is 9.68. The molecule has 0 radical (unpaired) electrons. The van der Waals surface area contributed by atoms with Crippen LogP contribution in [0.25, 0.3) is 33.5 Å². The molecule has 0 saturated carbocycles. The number of anilines is 3. The van der Waals surface area contributed by atoms with Gasteiger partial charge in [0.05, 0.1) is 24.3 Å². The number of hydrogen-bond donors (Lipinski definition) is 2. The number of nitrogens with zero attached hydrogens (tertiary/aromatic N) is 6. The Hall–Kier alpha value is -4.18. The first-order chi connectivity index (χ1) is 17.0. The molecule has 1 saturated heterocycles. The van der Waals surface area contributed by atoms with Crippen molar-refractivity contribution in [3.05, 3.63) is 48.9 Å². The van der Waals surface area contributed by atoms with E-state index in [1.54, 1.807) is 12.4 Å². The molecule has 5 rings (SSSR count). The highest BCUT2D eigenvalue weighted by atomic mass is 16.5. The monoisotopic (exact) mass is 470 g/mol. The summed E-state index contributed by atoms with van der Waals surface area (Å²) in [7, 11) is 0. The van der Waals surface area contributed by atoms with Crippen LogP contribution in [0, 0.1) is 5.92 Å². The van der Waals surface area contributed by atoms with E-state index in [-0.39, 0.29) is 17.8 Å². The van der Waals surface area contributed by atoms with Crippen LogP contribution in [0.15, 0.2) is 48.9 Å². The molecule has 1 aromatic carbocycles. The van der Waals surface area contributed by atoms with Crippen molar-refractivity contribution in [3.63, 3.8) is 0 Å². The first kappa shape index (κ1) is 22.6. The number of carbonyl (C=O) groups excluding carboxylic acids is 1. The van der Waals surface area contributed by atoms with E-state index in [4.69, 9.17) is 25.4 Å². The number of morpholine rings is 1. The number of amides is 1. The lowest BCUT2D eigenvalue weighted by Crippen LogP contribution is -2.37. The van der Waals surface area contributed by atoms with Gasteiger partial charge in [-0.25, -0.2) is 19.9 Å². The Morgan fingerprint density at radius 3 is 2.49 bits per heavy atom. The second-order valence-electron chi connectivity index (χ2n) is 8.62. The minimum absolute atomic E-state index is 0.0305. The Bertz CT molecular complexity index is 1370. The van der Waals surface area contributed by atoms with Gasteiger partial charge in [-0.15, -0.1) is 0 Å². The van der Waals surface area contributed by atoms with E-state index in [0.717, 1.165) is 22.6 Å². The Morgan fingerprint density at radius 1 is 1.00 bits per heavy atom. The maximum atomic E-state index is 12.1. The van der Waals surface area contributed by atoms with Crippen LogP contribution >= 0.6 is 0 Å². The molecule has 0 atom stereocenters. The lowest BCUT2D eigenvalue weighted by molar-refractivity contribution is -0.118. The lowest BCUT2D eigenvalue weighted by atomic mass is 10.1. The summed E-state index contributed by atoms with van der Waals surface area (Å²) in [6.45, 7) is 6.40. The predicted molar refractivity (Wildman–Crippen MR) is 135 cm³/mol. The molecule has 1 aliphatic rings. The number of carbonyl (C=O) groups is 1. The zero-order valence-electron chi connectivity index (χ0n) is 19.6. The molecule has 0 unspecified atom stereocenters. The highest BCUT2D eigenvalue weighted by molar-refractivity contribution is 5.93. The fraction of sp³-hybridized carbons (Fsp3) is 0.280. The molecule has 4 aromatic rings. The van der Waals surface area contributed by atoms with E-state index in [0.29, 0.717) is 48.7 Å². The van der Waals surface area contributed by atoms with Crippen LogP contribution in [0.3, 0.4) is 0 Å². The number of pyridine rings is 1. The van der Waals surface area contributed by atoms with Crippen molar-refractivity contribution >= 4 is 34.4 Å². The molecule has 4 heterocycles. The van der Waals surface area contributed by atoms with Crippen molar-refractivity contribution in [3.8, 4) is 22.5 Å². The number of aromatic nitrogens is 5. The molecule has 178 valence electrons. The van der Waals surface area contributed by atoms with E-state index in [1.165, 1.54) is 0 Å². The van der Waals surface area contributed by atoms with Gasteiger partial charge in [0.2, 0.25) is 11.9 Å². The largest absolute Gasteiger partial charge is 0.378 e. The minimum atomic E-state index is -0.105. The van der Waals surface area contributed by atoms with Crippen molar-refractivity contribution in [2.75, 3.05) is 42.3 Å². The third-order valence-corrected chi connectivity index (χ3v) is 5.75. The zero-order chi connectivity index (χ0) is 24.4. The van der Waals surface area contributed by atoms with Crippen molar-refractivity contribution in [1.82, 2.24) is 24.9 Å². The molecule has 35 heavy (non-hydrogen) atoms. The van der Waals surface area contributed by atoms with Crippen molar-refractivity contribution in [2.24, 2.45) is 5.92 Å². The zero-order valence-corrected chi connectivity index (χ0v) is 19.6. The van der Waals surface area contributed by atoms with Gasteiger partial charge in [0, 0.05) is 48.8 Å². The average Bonchev–Trinajstić information content (AvgIpc) is 2.88. The summed E-state index contributed by atoms with van der Waals surface area (Å²) in [4.78, 5) is 36.8. The topological polar surface area (TPSA) is 132 Å². The average molecular weight is 471 g/mol. The number of ether oxygens (including phenoxy) is 1. The maximum Gasteiger partial charge on any atom is 0.226 e. The Kier molecular flexibility index (Phi) is 6.19. The number of nitrogen functional groups attached to an aromatic ring is 1.